The van der Waals surface area contributed by atoms with Crippen molar-refractivity contribution in [2.24, 2.45) is 0 Å². The molecule has 1 fully saturated rings. The van der Waals surface area contributed by atoms with Crippen LogP contribution in [0.4, 0.5) is 0 Å². The smallest absolute Gasteiger partial charge is 0.181 e. The number of aryl methyl sites for hydroxylation is 2. The second-order valence-corrected chi connectivity index (χ2v) is 7.11. The van der Waals surface area contributed by atoms with Crippen LogP contribution in [0.5, 0.6) is 0 Å². The lowest BCUT2D eigenvalue weighted by molar-refractivity contribution is 0.0653. The first-order chi connectivity index (χ1) is 11.1. The summed E-state index contributed by atoms with van der Waals surface area (Å²) in [6, 6.07) is 6.51. The van der Waals surface area contributed by atoms with E-state index in [1.54, 1.807) is 0 Å². The number of halogens is 1. The summed E-state index contributed by atoms with van der Waals surface area (Å²) < 4.78 is 12.5. The maximum atomic E-state index is 5.82. The van der Waals surface area contributed by atoms with Gasteiger partial charge in [0.15, 0.2) is 6.39 Å². The maximum Gasteiger partial charge on any atom is 0.181 e. The Morgan fingerprint density at radius 1 is 1.30 bits per heavy atom. The molecule has 0 aliphatic carbocycles. The molecule has 0 N–H and O–H groups in total. The number of hydrogen-bond acceptors (Lipinski definition) is 4. The second-order valence-electron chi connectivity index (χ2n) is 6.26. The van der Waals surface area contributed by atoms with Gasteiger partial charge < -0.3 is 9.15 Å². The van der Waals surface area contributed by atoms with E-state index in [1.807, 2.05) is 6.92 Å². The van der Waals surface area contributed by atoms with Crippen LogP contribution in [0.15, 0.2) is 33.5 Å². The molecule has 1 aromatic heterocycles. The predicted octanol–water partition coefficient (Wildman–Crippen LogP) is 4.24. The molecule has 3 rings (SSSR count). The summed E-state index contributed by atoms with van der Waals surface area (Å²) in [7, 11) is 0. The van der Waals surface area contributed by atoms with Crippen molar-refractivity contribution in [3.8, 4) is 0 Å². The first-order valence-electron chi connectivity index (χ1n) is 8.10. The zero-order valence-corrected chi connectivity index (χ0v) is 15.3. The van der Waals surface area contributed by atoms with E-state index in [0.29, 0.717) is 6.10 Å². The van der Waals surface area contributed by atoms with E-state index >= 15 is 0 Å². The molecule has 1 unspecified atom stereocenters. The summed E-state index contributed by atoms with van der Waals surface area (Å²) >= 11 is 3.69. The van der Waals surface area contributed by atoms with E-state index in [1.165, 1.54) is 17.5 Å². The Balaban J connectivity index is 1.74. The topological polar surface area (TPSA) is 38.5 Å². The molecule has 0 spiro atoms. The fourth-order valence-electron chi connectivity index (χ4n) is 2.96. The van der Waals surface area contributed by atoms with Crippen LogP contribution < -0.4 is 0 Å². The van der Waals surface area contributed by atoms with Gasteiger partial charge in [-0.2, -0.15) is 0 Å². The van der Waals surface area contributed by atoms with E-state index in [0.717, 1.165) is 55.0 Å². The molecule has 1 aliphatic rings. The third-order valence-corrected chi connectivity index (χ3v) is 5.04. The molecule has 5 heteroatoms. The van der Waals surface area contributed by atoms with Crippen molar-refractivity contribution in [1.82, 2.24) is 9.88 Å². The normalized spacial score (nSPS) is 18.0. The van der Waals surface area contributed by atoms with Gasteiger partial charge in [0.05, 0.1) is 18.3 Å². The Morgan fingerprint density at radius 3 is 2.83 bits per heavy atom. The number of oxazole rings is 1. The molecule has 0 bridgehead atoms. The summed E-state index contributed by atoms with van der Waals surface area (Å²) in [5, 5.41) is 0. The number of benzene rings is 1. The van der Waals surface area contributed by atoms with Gasteiger partial charge in [0.25, 0.3) is 0 Å². The van der Waals surface area contributed by atoms with Crippen LogP contribution in [-0.4, -0.2) is 29.1 Å². The fraction of sp³-hybridized carbons (Fsp3) is 0.500. The highest BCUT2D eigenvalue weighted by atomic mass is 79.9. The molecule has 2 aromatic rings. The minimum atomic E-state index is 0.322. The van der Waals surface area contributed by atoms with E-state index in [2.05, 4.69) is 50.9 Å². The summed E-state index contributed by atoms with van der Waals surface area (Å²) in [5.41, 5.74) is 3.51. The average molecular weight is 379 g/mol. The van der Waals surface area contributed by atoms with Crippen LogP contribution in [0.1, 0.15) is 35.4 Å². The Labute approximate surface area is 146 Å². The third-order valence-electron chi connectivity index (χ3n) is 4.30. The first kappa shape index (κ1) is 16.7. The monoisotopic (exact) mass is 378 g/mol. The molecule has 0 radical (unpaired) electrons. The Bertz CT molecular complexity index is 650. The highest BCUT2D eigenvalue weighted by molar-refractivity contribution is 9.10. The average Bonchev–Trinajstić information content (AvgIpc) is 3.15. The van der Waals surface area contributed by atoms with Gasteiger partial charge in [0, 0.05) is 24.2 Å². The van der Waals surface area contributed by atoms with E-state index in [4.69, 9.17) is 9.15 Å². The van der Waals surface area contributed by atoms with Gasteiger partial charge in [-0.3, -0.25) is 4.90 Å². The minimum Gasteiger partial charge on any atom is -0.447 e. The van der Waals surface area contributed by atoms with Gasteiger partial charge in [-0.05, 0) is 43.9 Å². The zero-order chi connectivity index (χ0) is 16.2. The van der Waals surface area contributed by atoms with Crippen molar-refractivity contribution in [1.29, 1.82) is 0 Å². The van der Waals surface area contributed by atoms with Gasteiger partial charge in [-0.15, -0.1) is 0 Å². The van der Waals surface area contributed by atoms with E-state index in [9.17, 15) is 0 Å². The van der Waals surface area contributed by atoms with Crippen LogP contribution in [-0.2, 0) is 17.8 Å². The van der Waals surface area contributed by atoms with Crippen LogP contribution in [0, 0.1) is 13.8 Å². The van der Waals surface area contributed by atoms with E-state index < -0.39 is 0 Å². The largest absolute Gasteiger partial charge is 0.447 e. The lowest BCUT2D eigenvalue weighted by Crippen LogP contribution is -2.31. The van der Waals surface area contributed by atoms with Gasteiger partial charge in [-0.25, -0.2) is 4.98 Å². The Hall–Kier alpha value is -1.17. The molecule has 1 aliphatic heterocycles. The number of nitrogens with zero attached hydrogens (tertiary/aromatic N) is 2. The van der Waals surface area contributed by atoms with Crippen LogP contribution in [0.25, 0.3) is 0 Å². The summed E-state index contributed by atoms with van der Waals surface area (Å²) in [5.74, 6) is 0.936. The molecule has 1 saturated heterocycles. The number of hydrogen-bond donors (Lipinski definition) is 0. The number of rotatable bonds is 6. The molecule has 1 aromatic carbocycles. The molecule has 0 amide bonds. The molecule has 4 nitrogen and oxygen atoms in total. The Kier molecular flexibility index (Phi) is 5.51. The summed E-state index contributed by atoms with van der Waals surface area (Å²) in [4.78, 5) is 6.59. The highest BCUT2D eigenvalue weighted by Gasteiger charge is 2.21. The summed E-state index contributed by atoms with van der Waals surface area (Å²) in [6.07, 6.45) is 4.15. The van der Waals surface area contributed by atoms with Crippen LogP contribution in [0.2, 0.25) is 0 Å². The van der Waals surface area contributed by atoms with Crippen molar-refractivity contribution in [3.05, 3.63) is 51.6 Å². The van der Waals surface area contributed by atoms with Gasteiger partial charge in [0.1, 0.15) is 5.76 Å². The molecule has 23 heavy (non-hydrogen) atoms. The highest BCUT2D eigenvalue weighted by Crippen LogP contribution is 2.23. The molecular formula is C18H23BrN2O2. The quantitative estimate of drug-likeness (QED) is 0.753. The van der Waals surface area contributed by atoms with Gasteiger partial charge >= 0.3 is 0 Å². The predicted molar refractivity (Wildman–Crippen MR) is 93.2 cm³/mol. The van der Waals surface area contributed by atoms with Crippen molar-refractivity contribution >= 4 is 15.9 Å². The van der Waals surface area contributed by atoms with Gasteiger partial charge in [-0.1, -0.05) is 28.1 Å². The molecular weight excluding hydrogens is 356 g/mol. The zero-order valence-electron chi connectivity index (χ0n) is 13.7. The van der Waals surface area contributed by atoms with Crippen LogP contribution >= 0.6 is 15.9 Å². The molecule has 1 atom stereocenters. The molecule has 124 valence electrons. The van der Waals surface area contributed by atoms with Crippen molar-refractivity contribution in [2.75, 3.05) is 13.2 Å². The number of ether oxygens (including phenoxy) is 1. The second kappa shape index (κ2) is 7.60. The lowest BCUT2D eigenvalue weighted by atomic mass is 10.1. The third kappa shape index (κ3) is 4.43. The first-order valence-corrected chi connectivity index (χ1v) is 8.89. The van der Waals surface area contributed by atoms with Crippen LogP contribution in [0.3, 0.4) is 0 Å². The fourth-order valence-corrected chi connectivity index (χ4v) is 3.58. The van der Waals surface area contributed by atoms with Gasteiger partial charge in [0.2, 0.25) is 0 Å². The SMILES string of the molecule is Cc1ccc(CN(Cc2ocnc2C)CC2CCCO2)c(Br)c1. The molecule has 2 heterocycles. The van der Waals surface area contributed by atoms with Crippen molar-refractivity contribution < 1.29 is 9.15 Å². The standard InChI is InChI=1S/C18H23BrN2O2/c1-13-5-6-15(17(19)8-13)9-21(10-16-4-3-7-22-16)11-18-14(2)20-12-23-18/h5-6,8,12,16H,3-4,7,9-11H2,1-2H3. The lowest BCUT2D eigenvalue weighted by Gasteiger charge is -2.25. The maximum absolute atomic E-state index is 5.82. The minimum absolute atomic E-state index is 0.322. The Morgan fingerprint density at radius 2 is 2.17 bits per heavy atom. The summed E-state index contributed by atoms with van der Waals surface area (Å²) in [6.45, 7) is 7.52. The number of aromatic nitrogens is 1. The van der Waals surface area contributed by atoms with E-state index in [-0.39, 0.29) is 0 Å². The van der Waals surface area contributed by atoms with Crippen molar-refractivity contribution in [3.63, 3.8) is 0 Å². The van der Waals surface area contributed by atoms with Crippen molar-refractivity contribution in [2.45, 2.75) is 45.9 Å². The molecule has 0 saturated carbocycles.